The fourth-order valence-electron chi connectivity index (χ4n) is 4.91. The Morgan fingerprint density at radius 1 is 1.07 bits per heavy atom. The van der Waals surface area contributed by atoms with Gasteiger partial charge in [-0.3, -0.25) is 4.79 Å². The van der Waals surface area contributed by atoms with Crippen LogP contribution in [0.15, 0.2) is 24.3 Å². The molecule has 1 unspecified atom stereocenters. The second-order valence-electron chi connectivity index (χ2n) is 8.91. The van der Waals surface area contributed by atoms with Crippen molar-refractivity contribution in [2.75, 3.05) is 26.2 Å². The van der Waals surface area contributed by atoms with E-state index in [2.05, 4.69) is 28.9 Å². The topological polar surface area (TPSA) is 32.8 Å². The smallest absolute Gasteiger partial charge is 0.225 e. The van der Waals surface area contributed by atoms with Gasteiger partial charge in [0.25, 0.3) is 0 Å². The quantitative estimate of drug-likeness (QED) is 0.567. The second-order valence-corrected chi connectivity index (χ2v) is 8.91. The van der Waals surface area contributed by atoms with Crippen molar-refractivity contribution in [1.82, 2.24) is 9.80 Å². The molecule has 1 saturated heterocycles. The molecular formula is C25H40N2O2. The molecule has 0 aromatic heterocycles. The molecule has 1 aliphatic heterocycles. The lowest BCUT2D eigenvalue weighted by atomic mass is 9.88. The Labute approximate surface area is 177 Å². The van der Waals surface area contributed by atoms with Crippen molar-refractivity contribution in [2.24, 2.45) is 5.92 Å². The molecule has 1 saturated carbocycles. The number of carbonyl (C=O) groups is 1. The number of hydrogen-bond acceptors (Lipinski definition) is 3. The summed E-state index contributed by atoms with van der Waals surface area (Å²) in [5, 5.41) is 0. The fraction of sp³-hybridized carbons (Fsp3) is 0.720. The molecule has 1 aromatic carbocycles. The number of benzene rings is 1. The Morgan fingerprint density at radius 3 is 2.48 bits per heavy atom. The third kappa shape index (κ3) is 6.74. The molecule has 29 heavy (non-hydrogen) atoms. The van der Waals surface area contributed by atoms with Gasteiger partial charge in [-0.1, -0.05) is 37.8 Å². The average molecular weight is 401 g/mol. The molecule has 2 aliphatic rings. The zero-order valence-electron chi connectivity index (χ0n) is 18.6. The van der Waals surface area contributed by atoms with Gasteiger partial charge < -0.3 is 14.5 Å². The molecule has 1 amide bonds. The number of piperidine rings is 1. The van der Waals surface area contributed by atoms with Crippen molar-refractivity contribution < 1.29 is 9.53 Å². The maximum absolute atomic E-state index is 13.3. The van der Waals surface area contributed by atoms with E-state index in [0.717, 1.165) is 44.6 Å². The molecule has 1 atom stereocenters. The molecular weight excluding hydrogens is 360 g/mol. The normalized spacial score (nSPS) is 21.1. The van der Waals surface area contributed by atoms with E-state index in [1.807, 2.05) is 19.1 Å². The third-order valence-corrected chi connectivity index (χ3v) is 6.69. The Bertz CT molecular complexity index is 610. The lowest BCUT2D eigenvalue weighted by Gasteiger charge is -2.34. The molecule has 3 rings (SSSR count). The Balaban J connectivity index is 1.59. The zero-order chi connectivity index (χ0) is 20.5. The first kappa shape index (κ1) is 22.1. The molecule has 0 spiro atoms. The molecule has 0 N–H and O–H groups in total. The van der Waals surface area contributed by atoms with Crippen molar-refractivity contribution in [3.63, 3.8) is 0 Å². The Morgan fingerprint density at radius 2 is 1.79 bits per heavy atom. The van der Waals surface area contributed by atoms with Crippen LogP contribution in [0, 0.1) is 5.92 Å². The average Bonchev–Trinajstić information content (AvgIpc) is 2.76. The van der Waals surface area contributed by atoms with E-state index in [1.54, 1.807) is 0 Å². The van der Waals surface area contributed by atoms with Crippen molar-refractivity contribution >= 4 is 5.91 Å². The van der Waals surface area contributed by atoms with Crippen LogP contribution in [0.5, 0.6) is 5.75 Å². The van der Waals surface area contributed by atoms with Gasteiger partial charge in [0.1, 0.15) is 5.75 Å². The Kier molecular flexibility index (Phi) is 8.85. The largest absolute Gasteiger partial charge is 0.494 e. The van der Waals surface area contributed by atoms with Crippen LogP contribution in [0.2, 0.25) is 0 Å². The van der Waals surface area contributed by atoms with Gasteiger partial charge in [-0.25, -0.2) is 0 Å². The first-order valence-corrected chi connectivity index (χ1v) is 11.9. The minimum absolute atomic E-state index is 0.236. The second kappa shape index (κ2) is 11.6. The number of ether oxygens (including phenoxy) is 1. The van der Waals surface area contributed by atoms with Crippen LogP contribution < -0.4 is 4.74 Å². The summed E-state index contributed by atoms with van der Waals surface area (Å²) >= 11 is 0. The van der Waals surface area contributed by atoms with Gasteiger partial charge in [0.2, 0.25) is 5.91 Å². The van der Waals surface area contributed by atoms with Gasteiger partial charge in [-0.05, 0) is 70.2 Å². The van der Waals surface area contributed by atoms with E-state index < -0.39 is 0 Å². The van der Waals surface area contributed by atoms with Crippen LogP contribution in [-0.2, 0) is 11.3 Å². The molecule has 0 bridgehead atoms. The minimum Gasteiger partial charge on any atom is -0.494 e. The summed E-state index contributed by atoms with van der Waals surface area (Å²) in [7, 11) is 0. The number of carbonyl (C=O) groups excluding carboxylic acids is 1. The van der Waals surface area contributed by atoms with E-state index in [-0.39, 0.29) is 5.92 Å². The highest BCUT2D eigenvalue weighted by Crippen LogP contribution is 2.26. The summed E-state index contributed by atoms with van der Waals surface area (Å²) in [4.78, 5) is 18.1. The molecule has 0 radical (unpaired) electrons. The molecule has 2 fully saturated rings. The number of amides is 1. The van der Waals surface area contributed by atoms with Gasteiger partial charge in [0.15, 0.2) is 0 Å². The summed E-state index contributed by atoms with van der Waals surface area (Å²) in [6, 6.07) is 8.96. The van der Waals surface area contributed by atoms with E-state index in [4.69, 9.17) is 4.74 Å². The summed E-state index contributed by atoms with van der Waals surface area (Å²) < 4.78 is 5.56. The van der Waals surface area contributed by atoms with Gasteiger partial charge in [0.05, 0.1) is 6.61 Å². The molecule has 1 aromatic rings. The third-order valence-electron chi connectivity index (χ3n) is 6.69. The van der Waals surface area contributed by atoms with Gasteiger partial charge in [-0.2, -0.15) is 0 Å². The lowest BCUT2D eigenvalue weighted by Crippen LogP contribution is -2.41. The van der Waals surface area contributed by atoms with E-state index in [0.29, 0.717) is 18.6 Å². The summed E-state index contributed by atoms with van der Waals surface area (Å²) in [5.41, 5.74) is 1.20. The molecule has 1 heterocycles. The molecule has 1 aliphatic carbocycles. The van der Waals surface area contributed by atoms with Crippen molar-refractivity contribution in [3.05, 3.63) is 29.8 Å². The highest BCUT2D eigenvalue weighted by atomic mass is 16.5. The van der Waals surface area contributed by atoms with Crippen LogP contribution >= 0.6 is 0 Å². The standard InChI is InChI=1S/C25H40N2O2/c1-3-29-24-15-13-22(14-16-24)20-27(25(28)23-11-5-4-6-12-23)19-9-18-26-17-8-7-10-21(26)2/h13-16,21,23H,3-12,17-20H2,1-2H3. The monoisotopic (exact) mass is 400 g/mol. The summed E-state index contributed by atoms with van der Waals surface area (Å²) in [6.45, 7) is 8.95. The van der Waals surface area contributed by atoms with Crippen molar-refractivity contribution in [1.29, 1.82) is 0 Å². The highest BCUT2D eigenvalue weighted by molar-refractivity contribution is 5.79. The molecule has 4 nitrogen and oxygen atoms in total. The van der Waals surface area contributed by atoms with E-state index >= 15 is 0 Å². The number of nitrogens with zero attached hydrogens (tertiary/aromatic N) is 2. The molecule has 162 valence electrons. The lowest BCUT2D eigenvalue weighted by molar-refractivity contribution is -0.137. The summed E-state index contributed by atoms with van der Waals surface area (Å²) in [5.74, 6) is 1.52. The highest BCUT2D eigenvalue weighted by Gasteiger charge is 2.26. The molecule has 4 heteroatoms. The van der Waals surface area contributed by atoms with Gasteiger partial charge >= 0.3 is 0 Å². The number of rotatable bonds is 9. The van der Waals surface area contributed by atoms with Crippen molar-refractivity contribution in [2.45, 2.75) is 84.2 Å². The van der Waals surface area contributed by atoms with E-state index in [1.165, 1.54) is 50.6 Å². The predicted octanol–water partition coefficient (Wildman–Crippen LogP) is 5.26. The summed E-state index contributed by atoms with van der Waals surface area (Å²) in [6.07, 6.45) is 10.9. The van der Waals surface area contributed by atoms with Crippen LogP contribution in [0.3, 0.4) is 0 Å². The van der Waals surface area contributed by atoms with Crippen LogP contribution in [0.1, 0.15) is 77.2 Å². The van der Waals surface area contributed by atoms with Gasteiger partial charge in [-0.15, -0.1) is 0 Å². The number of likely N-dealkylation sites (tertiary alicyclic amines) is 1. The van der Waals surface area contributed by atoms with Crippen LogP contribution in [-0.4, -0.2) is 48.0 Å². The fourth-order valence-corrected chi connectivity index (χ4v) is 4.91. The first-order valence-electron chi connectivity index (χ1n) is 11.9. The SMILES string of the molecule is CCOc1ccc(CN(CCCN2CCCCC2C)C(=O)C2CCCCC2)cc1. The zero-order valence-corrected chi connectivity index (χ0v) is 18.6. The Hall–Kier alpha value is -1.55. The first-order chi connectivity index (χ1) is 14.2. The maximum Gasteiger partial charge on any atom is 0.225 e. The minimum atomic E-state index is 0.236. The van der Waals surface area contributed by atoms with Crippen molar-refractivity contribution in [3.8, 4) is 5.75 Å². The van der Waals surface area contributed by atoms with Crippen LogP contribution in [0.25, 0.3) is 0 Å². The van der Waals surface area contributed by atoms with Crippen LogP contribution in [0.4, 0.5) is 0 Å². The number of hydrogen-bond donors (Lipinski definition) is 0. The van der Waals surface area contributed by atoms with E-state index in [9.17, 15) is 4.79 Å². The predicted molar refractivity (Wildman–Crippen MR) is 119 cm³/mol. The maximum atomic E-state index is 13.3. The van der Waals surface area contributed by atoms with Gasteiger partial charge in [0, 0.05) is 31.6 Å².